The molecular formula is C12H17Br. The first-order valence-corrected chi connectivity index (χ1v) is 6.12. The lowest BCUT2D eigenvalue weighted by atomic mass is 10.0. The second kappa shape index (κ2) is 6.20. The van der Waals surface area contributed by atoms with Crippen molar-refractivity contribution in [3.05, 3.63) is 35.4 Å². The van der Waals surface area contributed by atoms with Gasteiger partial charge in [-0.05, 0) is 36.8 Å². The number of unbranched alkanes of at least 4 members (excludes halogenated alkanes) is 1. The molecule has 0 amide bonds. The molecule has 0 aliphatic carbocycles. The van der Waals surface area contributed by atoms with Crippen molar-refractivity contribution in [2.24, 2.45) is 0 Å². The number of hydrogen-bond acceptors (Lipinski definition) is 0. The molecule has 0 aliphatic heterocycles. The van der Waals surface area contributed by atoms with E-state index in [0.717, 1.165) is 11.8 Å². The van der Waals surface area contributed by atoms with E-state index in [1.54, 1.807) is 0 Å². The van der Waals surface area contributed by atoms with Crippen LogP contribution in [0.3, 0.4) is 0 Å². The van der Waals surface area contributed by atoms with Crippen molar-refractivity contribution in [3.63, 3.8) is 0 Å². The maximum Gasteiger partial charge on any atom is 0.00314 e. The normalized spacial score (nSPS) is 10.3. The first-order valence-electron chi connectivity index (χ1n) is 5.00. The van der Waals surface area contributed by atoms with Gasteiger partial charge in [-0.1, -0.05) is 47.1 Å². The van der Waals surface area contributed by atoms with Crippen LogP contribution < -0.4 is 0 Å². The SMILES string of the molecule is CCc1cccc(CCCCBr)c1. The van der Waals surface area contributed by atoms with Gasteiger partial charge in [-0.25, -0.2) is 0 Å². The van der Waals surface area contributed by atoms with Crippen molar-refractivity contribution in [1.29, 1.82) is 0 Å². The van der Waals surface area contributed by atoms with Gasteiger partial charge >= 0.3 is 0 Å². The smallest absolute Gasteiger partial charge is 0.00314 e. The average molecular weight is 241 g/mol. The molecule has 0 heterocycles. The van der Waals surface area contributed by atoms with E-state index in [-0.39, 0.29) is 0 Å². The van der Waals surface area contributed by atoms with E-state index in [1.165, 1.54) is 30.4 Å². The van der Waals surface area contributed by atoms with Crippen LogP contribution in [0.2, 0.25) is 0 Å². The molecule has 0 spiro atoms. The molecule has 1 heteroatoms. The second-order valence-corrected chi connectivity index (χ2v) is 4.11. The highest BCUT2D eigenvalue weighted by atomic mass is 79.9. The van der Waals surface area contributed by atoms with E-state index in [0.29, 0.717) is 0 Å². The second-order valence-electron chi connectivity index (χ2n) is 3.32. The zero-order valence-corrected chi connectivity index (χ0v) is 9.81. The number of halogens is 1. The monoisotopic (exact) mass is 240 g/mol. The van der Waals surface area contributed by atoms with Gasteiger partial charge in [0, 0.05) is 5.33 Å². The molecule has 0 saturated heterocycles. The predicted octanol–water partition coefficient (Wildman–Crippen LogP) is 3.97. The summed E-state index contributed by atoms with van der Waals surface area (Å²) in [7, 11) is 0. The zero-order valence-electron chi connectivity index (χ0n) is 8.22. The summed E-state index contributed by atoms with van der Waals surface area (Å²) in [5.74, 6) is 0. The third-order valence-corrected chi connectivity index (χ3v) is 2.81. The fraction of sp³-hybridized carbons (Fsp3) is 0.500. The number of rotatable bonds is 5. The Morgan fingerprint density at radius 1 is 1.15 bits per heavy atom. The molecule has 0 unspecified atom stereocenters. The first kappa shape index (κ1) is 10.8. The Bertz CT molecular complexity index is 243. The van der Waals surface area contributed by atoms with E-state index >= 15 is 0 Å². The molecule has 0 nitrogen and oxygen atoms in total. The van der Waals surface area contributed by atoms with Gasteiger partial charge in [-0.3, -0.25) is 0 Å². The van der Waals surface area contributed by atoms with Crippen molar-refractivity contribution in [2.75, 3.05) is 5.33 Å². The molecule has 72 valence electrons. The van der Waals surface area contributed by atoms with Crippen LogP contribution in [0.4, 0.5) is 0 Å². The lowest BCUT2D eigenvalue weighted by molar-refractivity contribution is 0.804. The summed E-state index contributed by atoms with van der Waals surface area (Å²) in [5.41, 5.74) is 2.94. The molecule has 1 aromatic carbocycles. The molecular weight excluding hydrogens is 224 g/mol. The van der Waals surface area contributed by atoms with Crippen LogP contribution in [0.5, 0.6) is 0 Å². The highest BCUT2D eigenvalue weighted by Gasteiger charge is 1.94. The van der Waals surface area contributed by atoms with Gasteiger partial charge in [-0.15, -0.1) is 0 Å². The van der Waals surface area contributed by atoms with Gasteiger partial charge in [0.2, 0.25) is 0 Å². The molecule has 0 bridgehead atoms. The summed E-state index contributed by atoms with van der Waals surface area (Å²) in [6.07, 6.45) is 4.93. The molecule has 1 rings (SSSR count). The molecule has 0 saturated carbocycles. The summed E-state index contributed by atoms with van der Waals surface area (Å²) in [5, 5.41) is 1.13. The van der Waals surface area contributed by atoms with Gasteiger partial charge < -0.3 is 0 Å². The van der Waals surface area contributed by atoms with Gasteiger partial charge in [-0.2, -0.15) is 0 Å². The highest BCUT2D eigenvalue weighted by molar-refractivity contribution is 9.09. The molecule has 0 fully saturated rings. The predicted molar refractivity (Wildman–Crippen MR) is 62.6 cm³/mol. The van der Waals surface area contributed by atoms with Crippen molar-refractivity contribution in [2.45, 2.75) is 32.6 Å². The number of benzene rings is 1. The Labute approximate surface area is 89.5 Å². The van der Waals surface area contributed by atoms with E-state index < -0.39 is 0 Å². The standard InChI is InChI=1S/C12H17Br/c1-2-11-7-5-8-12(10-11)6-3-4-9-13/h5,7-8,10H,2-4,6,9H2,1H3. The molecule has 0 aliphatic rings. The van der Waals surface area contributed by atoms with E-state index in [9.17, 15) is 0 Å². The topological polar surface area (TPSA) is 0 Å². The summed E-state index contributed by atoms with van der Waals surface area (Å²) in [6, 6.07) is 8.93. The fourth-order valence-corrected chi connectivity index (χ4v) is 1.83. The lowest BCUT2D eigenvalue weighted by Crippen LogP contribution is -1.88. The van der Waals surface area contributed by atoms with E-state index in [1.807, 2.05) is 0 Å². The summed E-state index contributed by atoms with van der Waals surface area (Å²) in [6.45, 7) is 2.21. The van der Waals surface area contributed by atoms with E-state index in [2.05, 4.69) is 47.1 Å². The first-order chi connectivity index (χ1) is 6.36. The number of hydrogen-bond donors (Lipinski definition) is 0. The quantitative estimate of drug-likeness (QED) is 0.540. The van der Waals surface area contributed by atoms with Crippen LogP contribution in [0.1, 0.15) is 30.9 Å². The number of alkyl halides is 1. The molecule has 0 aromatic heterocycles. The third kappa shape index (κ3) is 3.95. The van der Waals surface area contributed by atoms with Crippen molar-refractivity contribution in [1.82, 2.24) is 0 Å². The largest absolute Gasteiger partial charge is 0.0928 e. The number of aryl methyl sites for hydroxylation is 2. The van der Waals surface area contributed by atoms with Crippen LogP contribution in [-0.2, 0) is 12.8 Å². The minimum Gasteiger partial charge on any atom is -0.0928 e. The van der Waals surface area contributed by atoms with Crippen LogP contribution in [-0.4, -0.2) is 5.33 Å². The lowest BCUT2D eigenvalue weighted by Gasteiger charge is -2.02. The average Bonchev–Trinajstić information content (AvgIpc) is 2.19. The Morgan fingerprint density at radius 2 is 1.92 bits per heavy atom. The van der Waals surface area contributed by atoms with Crippen LogP contribution in [0, 0.1) is 0 Å². The minimum absolute atomic E-state index is 1.13. The molecule has 0 N–H and O–H groups in total. The summed E-state index contributed by atoms with van der Waals surface area (Å²) in [4.78, 5) is 0. The fourth-order valence-electron chi connectivity index (χ4n) is 1.43. The van der Waals surface area contributed by atoms with Gasteiger partial charge in [0.05, 0.1) is 0 Å². The van der Waals surface area contributed by atoms with Crippen LogP contribution >= 0.6 is 15.9 Å². The molecule has 1 aromatic rings. The minimum atomic E-state index is 1.13. The van der Waals surface area contributed by atoms with Crippen LogP contribution in [0.25, 0.3) is 0 Å². The maximum absolute atomic E-state index is 3.45. The van der Waals surface area contributed by atoms with Gasteiger partial charge in [0.15, 0.2) is 0 Å². The van der Waals surface area contributed by atoms with Crippen molar-refractivity contribution >= 4 is 15.9 Å². The van der Waals surface area contributed by atoms with Crippen molar-refractivity contribution in [3.8, 4) is 0 Å². The molecule has 13 heavy (non-hydrogen) atoms. The summed E-state index contributed by atoms with van der Waals surface area (Å²) < 4.78 is 0. The Balaban J connectivity index is 2.46. The third-order valence-electron chi connectivity index (χ3n) is 2.25. The molecule has 0 radical (unpaired) electrons. The Hall–Kier alpha value is -0.300. The van der Waals surface area contributed by atoms with Gasteiger partial charge in [0.25, 0.3) is 0 Å². The Morgan fingerprint density at radius 3 is 2.62 bits per heavy atom. The Kier molecular flexibility index (Phi) is 5.14. The van der Waals surface area contributed by atoms with Gasteiger partial charge in [0.1, 0.15) is 0 Å². The maximum atomic E-state index is 3.45. The van der Waals surface area contributed by atoms with Crippen molar-refractivity contribution < 1.29 is 0 Å². The zero-order chi connectivity index (χ0) is 9.52. The van der Waals surface area contributed by atoms with Crippen LogP contribution in [0.15, 0.2) is 24.3 Å². The van der Waals surface area contributed by atoms with E-state index in [4.69, 9.17) is 0 Å². The summed E-state index contributed by atoms with van der Waals surface area (Å²) >= 11 is 3.45. The highest BCUT2D eigenvalue weighted by Crippen LogP contribution is 2.09. The molecule has 0 atom stereocenters.